The summed E-state index contributed by atoms with van der Waals surface area (Å²) in [7, 11) is 0. The number of esters is 1. The van der Waals surface area contributed by atoms with E-state index in [1.807, 2.05) is 24.3 Å². The van der Waals surface area contributed by atoms with Gasteiger partial charge in [0.15, 0.2) is 0 Å². The molecule has 3 aliphatic carbocycles. The van der Waals surface area contributed by atoms with E-state index >= 15 is 0 Å². The van der Waals surface area contributed by atoms with Gasteiger partial charge in [-0.15, -0.1) is 23.2 Å². The van der Waals surface area contributed by atoms with Gasteiger partial charge in [0.05, 0.1) is 6.42 Å². The average Bonchev–Trinajstić information content (AvgIpc) is 2.88. The number of anilines is 1. The van der Waals surface area contributed by atoms with E-state index in [4.69, 9.17) is 27.9 Å². The molecule has 3 saturated carbocycles. The zero-order valence-electron chi connectivity index (χ0n) is 23.0. The first-order valence-electron chi connectivity index (χ1n) is 14.7. The lowest BCUT2D eigenvalue weighted by molar-refractivity contribution is -0.162. The van der Waals surface area contributed by atoms with Crippen molar-refractivity contribution < 1.29 is 14.3 Å². The van der Waals surface area contributed by atoms with Crippen molar-refractivity contribution in [2.75, 3.05) is 29.7 Å². The molecule has 5 rings (SSSR count). The third kappa shape index (κ3) is 5.57. The molecule has 1 unspecified atom stereocenters. The molecule has 4 fully saturated rings. The molecule has 1 aromatic rings. The van der Waals surface area contributed by atoms with Gasteiger partial charge in [-0.3, -0.25) is 9.59 Å². The van der Waals surface area contributed by atoms with E-state index in [9.17, 15) is 9.59 Å². The minimum absolute atomic E-state index is 0.0167. The highest BCUT2D eigenvalue weighted by atomic mass is 35.5. The first-order valence-corrected chi connectivity index (χ1v) is 15.8. The summed E-state index contributed by atoms with van der Waals surface area (Å²) in [6, 6.07) is 8.10. The lowest BCUT2D eigenvalue weighted by Crippen LogP contribution is -2.63. The first-order chi connectivity index (χ1) is 18.3. The van der Waals surface area contributed by atoms with Gasteiger partial charge in [-0.05, 0) is 105 Å². The number of nitrogens with one attached hydrogen (secondary N) is 1. The molecule has 7 heteroatoms. The summed E-state index contributed by atoms with van der Waals surface area (Å²) in [5.74, 6) is 3.87. The van der Waals surface area contributed by atoms with Crippen LogP contribution in [0.5, 0.6) is 0 Å². The number of ether oxygens (including phenoxy) is 1. The van der Waals surface area contributed by atoms with Crippen molar-refractivity contribution in [3.63, 3.8) is 0 Å². The molecule has 7 atom stereocenters. The lowest BCUT2D eigenvalue weighted by atomic mass is 9.45. The number of carbonyl (C=O) groups excluding carboxylic acids is 2. The molecule has 1 amide bonds. The van der Waals surface area contributed by atoms with Gasteiger partial charge < -0.3 is 15.0 Å². The fourth-order valence-electron chi connectivity index (χ4n) is 8.79. The zero-order chi connectivity index (χ0) is 26.9. The fourth-order valence-corrected chi connectivity index (χ4v) is 9.20. The van der Waals surface area contributed by atoms with E-state index in [-0.39, 0.29) is 23.5 Å². The Hall–Kier alpha value is -1.46. The largest absolute Gasteiger partial charge is 0.462 e. The standard InChI is InChI=1S/C31H44Cl2N2O3/c1-30-13-11-24(38-29(37)19-21-3-6-23(7-4-21)35(17-15-32)18-16-33)20-22(30)5-8-25-26(30)12-14-31(2)27(25)9-10-28(36)34-31/h3-4,6-7,22,24-27H,5,8-20H2,1-2H3,(H,34,36)/t22?,24-,25+,26-,27-,30-,31+/m0/s1. The summed E-state index contributed by atoms with van der Waals surface area (Å²) in [5, 5.41) is 3.37. The van der Waals surface area contributed by atoms with Gasteiger partial charge in [0.2, 0.25) is 5.91 Å². The quantitative estimate of drug-likeness (QED) is 0.297. The molecule has 0 bridgehead atoms. The van der Waals surface area contributed by atoms with Crippen LogP contribution in [0.1, 0.15) is 77.2 Å². The Morgan fingerprint density at radius 3 is 2.45 bits per heavy atom. The zero-order valence-corrected chi connectivity index (χ0v) is 24.5. The van der Waals surface area contributed by atoms with Gasteiger partial charge in [-0.25, -0.2) is 0 Å². The predicted molar refractivity (Wildman–Crippen MR) is 154 cm³/mol. The maximum Gasteiger partial charge on any atom is 0.310 e. The van der Waals surface area contributed by atoms with E-state index < -0.39 is 0 Å². The Morgan fingerprint density at radius 1 is 1.00 bits per heavy atom. The molecule has 1 N–H and O–H groups in total. The summed E-state index contributed by atoms with van der Waals surface area (Å²) < 4.78 is 6.06. The minimum atomic E-state index is -0.121. The highest BCUT2D eigenvalue weighted by molar-refractivity contribution is 6.18. The molecule has 4 aliphatic rings. The van der Waals surface area contributed by atoms with Crippen molar-refractivity contribution in [2.45, 2.75) is 89.7 Å². The number of alkyl halides is 2. The molecule has 210 valence electrons. The first kappa shape index (κ1) is 28.1. The molecular formula is C31H44Cl2N2O3. The Balaban J connectivity index is 1.16. The molecule has 5 nitrogen and oxygen atoms in total. The average molecular weight is 564 g/mol. The number of hydrogen-bond acceptors (Lipinski definition) is 4. The van der Waals surface area contributed by atoms with Gasteiger partial charge in [0.25, 0.3) is 0 Å². The molecule has 1 aliphatic heterocycles. The van der Waals surface area contributed by atoms with Crippen molar-refractivity contribution in [1.29, 1.82) is 0 Å². The van der Waals surface area contributed by atoms with Gasteiger partial charge in [-0.2, -0.15) is 0 Å². The van der Waals surface area contributed by atoms with E-state index in [0.29, 0.717) is 47.8 Å². The van der Waals surface area contributed by atoms with Crippen molar-refractivity contribution in [3.8, 4) is 0 Å². The lowest BCUT2D eigenvalue weighted by Gasteiger charge is -2.62. The van der Waals surface area contributed by atoms with Crippen LogP contribution in [-0.4, -0.2) is 48.4 Å². The summed E-state index contributed by atoms with van der Waals surface area (Å²) >= 11 is 11.9. The molecule has 0 aromatic heterocycles. The third-order valence-electron chi connectivity index (χ3n) is 10.8. The van der Waals surface area contributed by atoms with Crippen LogP contribution < -0.4 is 10.2 Å². The predicted octanol–water partition coefficient (Wildman–Crippen LogP) is 6.34. The number of halogens is 2. The molecule has 1 saturated heterocycles. The maximum atomic E-state index is 12.9. The number of fused-ring (bicyclic) bond motifs is 5. The molecule has 38 heavy (non-hydrogen) atoms. The number of nitrogens with zero attached hydrogens (tertiary/aromatic N) is 1. The van der Waals surface area contributed by atoms with Gasteiger partial charge in [0, 0.05) is 42.5 Å². The van der Waals surface area contributed by atoms with Crippen LogP contribution in [0.4, 0.5) is 5.69 Å². The molecule has 1 heterocycles. The normalized spacial score (nSPS) is 36.3. The van der Waals surface area contributed by atoms with Crippen molar-refractivity contribution in [2.24, 2.45) is 29.1 Å². The van der Waals surface area contributed by atoms with E-state index in [2.05, 4.69) is 24.1 Å². The van der Waals surface area contributed by atoms with Crippen molar-refractivity contribution in [3.05, 3.63) is 29.8 Å². The fraction of sp³-hybridized carbons (Fsp3) is 0.742. The molecule has 0 radical (unpaired) electrons. The van der Waals surface area contributed by atoms with Crippen molar-refractivity contribution >= 4 is 40.8 Å². The van der Waals surface area contributed by atoms with Crippen LogP contribution >= 0.6 is 23.2 Å². The maximum absolute atomic E-state index is 12.9. The monoisotopic (exact) mass is 562 g/mol. The van der Waals surface area contributed by atoms with Crippen LogP contribution in [0.15, 0.2) is 24.3 Å². The smallest absolute Gasteiger partial charge is 0.310 e. The van der Waals surface area contributed by atoms with Crippen LogP contribution in [0.25, 0.3) is 0 Å². The van der Waals surface area contributed by atoms with E-state index in [1.54, 1.807) is 0 Å². The number of carbonyl (C=O) groups is 2. The van der Waals surface area contributed by atoms with Gasteiger partial charge in [-0.1, -0.05) is 19.1 Å². The Bertz CT molecular complexity index is 997. The second-order valence-electron chi connectivity index (χ2n) is 12.8. The SMILES string of the molecule is C[C@@]12CC[C@H]3[C@@H](CCC4C[C@@H](OC(=O)Cc5ccc(N(CCCl)CCCl)cc5)CC[C@@]43C)[C@@H]1CCC(=O)N2. The second-order valence-corrected chi connectivity index (χ2v) is 13.6. The highest BCUT2D eigenvalue weighted by Gasteiger charge is 2.58. The Morgan fingerprint density at radius 2 is 1.74 bits per heavy atom. The number of piperidine rings is 1. The van der Waals surface area contributed by atoms with E-state index in [0.717, 1.165) is 62.4 Å². The summed E-state index contributed by atoms with van der Waals surface area (Å²) in [6.07, 6.45) is 9.93. The highest BCUT2D eigenvalue weighted by Crippen LogP contribution is 2.62. The van der Waals surface area contributed by atoms with Crippen LogP contribution in [0, 0.1) is 29.1 Å². The summed E-state index contributed by atoms with van der Waals surface area (Å²) in [5.41, 5.74) is 2.35. The number of benzene rings is 1. The summed E-state index contributed by atoms with van der Waals surface area (Å²) in [4.78, 5) is 27.2. The van der Waals surface area contributed by atoms with Crippen molar-refractivity contribution in [1.82, 2.24) is 5.32 Å². The van der Waals surface area contributed by atoms with E-state index in [1.165, 1.54) is 19.3 Å². The van der Waals surface area contributed by atoms with Crippen LogP contribution in [0.2, 0.25) is 0 Å². The topological polar surface area (TPSA) is 58.6 Å². The molecular weight excluding hydrogens is 519 g/mol. The number of hydrogen-bond donors (Lipinski definition) is 1. The van der Waals surface area contributed by atoms with Gasteiger partial charge in [0.1, 0.15) is 6.10 Å². The van der Waals surface area contributed by atoms with Gasteiger partial charge >= 0.3 is 5.97 Å². The number of amides is 1. The third-order valence-corrected chi connectivity index (χ3v) is 11.1. The molecule has 0 spiro atoms. The van der Waals surface area contributed by atoms with Crippen LogP contribution in [0.3, 0.4) is 0 Å². The minimum Gasteiger partial charge on any atom is -0.462 e. The summed E-state index contributed by atoms with van der Waals surface area (Å²) in [6.45, 7) is 6.31. The Labute approximate surface area is 238 Å². The second kappa shape index (κ2) is 11.6. The number of rotatable bonds is 8. The van der Waals surface area contributed by atoms with Crippen LogP contribution in [-0.2, 0) is 20.7 Å². The molecule has 1 aromatic carbocycles. The Kier molecular flexibility index (Phi) is 8.55.